The molecule has 2 aromatic rings. The molecule has 0 saturated heterocycles. The third-order valence-electron chi connectivity index (χ3n) is 6.95. The lowest BCUT2D eigenvalue weighted by Gasteiger charge is -2.43. The highest BCUT2D eigenvalue weighted by molar-refractivity contribution is 6.34. The number of phenols is 1. The molecule has 3 rings (SSSR count). The van der Waals surface area contributed by atoms with Gasteiger partial charge < -0.3 is 31.1 Å². The van der Waals surface area contributed by atoms with E-state index in [0.29, 0.717) is 34.7 Å². The van der Waals surface area contributed by atoms with Gasteiger partial charge in [0, 0.05) is 18.0 Å². The van der Waals surface area contributed by atoms with Crippen molar-refractivity contribution in [3.63, 3.8) is 0 Å². The second kappa shape index (κ2) is 13.2. The van der Waals surface area contributed by atoms with Gasteiger partial charge in [-0.05, 0) is 77.5 Å². The molecular weight excluding hydrogens is 548 g/mol. The van der Waals surface area contributed by atoms with E-state index in [9.17, 15) is 24.3 Å². The van der Waals surface area contributed by atoms with Crippen molar-refractivity contribution in [3.8, 4) is 5.75 Å². The van der Waals surface area contributed by atoms with Gasteiger partial charge >= 0.3 is 6.09 Å². The van der Waals surface area contributed by atoms with Crippen LogP contribution in [0.4, 0.5) is 10.5 Å². The van der Waals surface area contributed by atoms with Crippen molar-refractivity contribution in [2.45, 2.75) is 90.4 Å². The smallest absolute Gasteiger partial charge is 0.408 e. The number of carbonyl (C=O) groups excluding carboxylic acids is 4. The Bertz CT molecular complexity index is 1280. The second-order valence-electron chi connectivity index (χ2n) is 11.4. The first-order valence-electron chi connectivity index (χ1n) is 13.6. The first kappa shape index (κ1) is 31.7. The fourth-order valence-electron chi connectivity index (χ4n) is 4.66. The molecule has 2 atom stereocenters. The number of aryl methyl sites for hydroxylation is 2. The molecule has 2 unspecified atom stereocenters. The number of para-hydroxylation sites is 2. The number of alkyl carbamates (subject to hydrolysis) is 1. The molecule has 1 fully saturated rings. The van der Waals surface area contributed by atoms with Gasteiger partial charge in [0.1, 0.15) is 23.4 Å². The third kappa shape index (κ3) is 8.13. The molecule has 2 aromatic carbocycles. The number of rotatable bonds is 10. The zero-order valence-corrected chi connectivity index (χ0v) is 24.9. The molecule has 41 heavy (non-hydrogen) atoms. The Morgan fingerprint density at radius 1 is 1.10 bits per heavy atom. The Kier molecular flexibility index (Phi) is 10.3. The predicted molar refractivity (Wildman–Crippen MR) is 156 cm³/mol. The van der Waals surface area contributed by atoms with Crippen molar-refractivity contribution in [1.82, 2.24) is 10.2 Å². The predicted octanol–water partition coefficient (Wildman–Crippen LogP) is 4.88. The highest BCUT2D eigenvalue weighted by Gasteiger charge is 2.43. The van der Waals surface area contributed by atoms with E-state index in [-0.39, 0.29) is 30.2 Å². The van der Waals surface area contributed by atoms with Crippen LogP contribution in [0.1, 0.15) is 75.6 Å². The van der Waals surface area contributed by atoms with E-state index in [1.807, 2.05) is 0 Å². The summed E-state index contributed by atoms with van der Waals surface area (Å²) in [6, 6.07) is 7.31. The minimum Gasteiger partial charge on any atom is -0.507 e. The Morgan fingerprint density at radius 2 is 1.73 bits per heavy atom. The van der Waals surface area contributed by atoms with Gasteiger partial charge in [-0.2, -0.15) is 0 Å². The second-order valence-corrected chi connectivity index (χ2v) is 11.8. The molecule has 1 saturated carbocycles. The summed E-state index contributed by atoms with van der Waals surface area (Å²) in [6.45, 7) is 8.54. The highest BCUT2D eigenvalue weighted by atomic mass is 35.5. The average Bonchev–Trinajstić information content (AvgIpc) is 2.83. The van der Waals surface area contributed by atoms with Crippen molar-refractivity contribution in [1.29, 1.82) is 0 Å². The van der Waals surface area contributed by atoms with E-state index in [2.05, 4.69) is 10.6 Å². The van der Waals surface area contributed by atoms with Crippen LogP contribution in [0.15, 0.2) is 36.4 Å². The minimum absolute atomic E-state index is 0.103. The van der Waals surface area contributed by atoms with Gasteiger partial charge in [0.25, 0.3) is 5.91 Å². The molecule has 10 nitrogen and oxygen atoms in total. The van der Waals surface area contributed by atoms with Crippen molar-refractivity contribution in [3.05, 3.63) is 58.1 Å². The quantitative estimate of drug-likeness (QED) is 0.311. The maximum absolute atomic E-state index is 14.3. The number of anilines is 1. The molecule has 0 aromatic heterocycles. The molecule has 0 bridgehead atoms. The van der Waals surface area contributed by atoms with Crippen LogP contribution in [0.25, 0.3) is 0 Å². The molecule has 0 radical (unpaired) electrons. The van der Waals surface area contributed by atoms with Crippen LogP contribution < -0.4 is 16.4 Å². The maximum Gasteiger partial charge on any atom is 0.408 e. The fraction of sp³-hybridized carbons (Fsp3) is 0.467. The molecule has 1 aliphatic rings. The van der Waals surface area contributed by atoms with Gasteiger partial charge in [0.15, 0.2) is 0 Å². The van der Waals surface area contributed by atoms with E-state index in [0.717, 1.165) is 6.42 Å². The van der Waals surface area contributed by atoms with Crippen LogP contribution >= 0.6 is 11.6 Å². The minimum atomic E-state index is -1.28. The number of amides is 4. The fourth-order valence-corrected chi connectivity index (χ4v) is 4.93. The SMILES string of the molecule is Cc1cccc(C(C(=O)Nc2c(C)cccc2Cl)N(C(=O)C(CCC(N)=O)NC(=O)OC(C)(C)C)C2CCC2)c1O. The number of benzene rings is 2. The van der Waals surface area contributed by atoms with Crippen molar-refractivity contribution >= 4 is 41.1 Å². The average molecular weight is 587 g/mol. The zero-order chi connectivity index (χ0) is 30.5. The lowest BCUT2D eigenvalue weighted by atomic mass is 9.87. The number of hydrogen-bond acceptors (Lipinski definition) is 6. The Morgan fingerprint density at radius 3 is 2.29 bits per heavy atom. The number of nitrogens with two attached hydrogens (primary N) is 1. The van der Waals surface area contributed by atoms with Crippen LogP contribution in [0.5, 0.6) is 5.75 Å². The Hall–Kier alpha value is -3.79. The molecule has 0 spiro atoms. The number of aromatic hydroxyl groups is 1. The van der Waals surface area contributed by atoms with Gasteiger partial charge in [0.2, 0.25) is 11.8 Å². The van der Waals surface area contributed by atoms with E-state index < -0.39 is 41.5 Å². The summed E-state index contributed by atoms with van der Waals surface area (Å²) in [6.07, 6.45) is 0.923. The summed E-state index contributed by atoms with van der Waals surface area (Å²) in [5.41, 5.74) is 6.38. The Balaban J connectivity index is 2.10. The number of phenolic OH excluding ortho intramolecular Hbond substituents is 1. The van der Waals surface area contributed by atoms with Gasteiger partial charge in [-0.3, -0.25) is 14.4 Å². The van der Waals surface area contributed by atoms with Crippen molar-refractivity contribution in [2.24, 2.45) is 5.73 Å². The Labute approximate surface area is 245 Å². The molecule has 222 valence electrons. The topological polar surface area (TPSA) is 151 Å². The molecule has 11 heteroatoms. The number of hydrogen-bond donors (Lipinski definition) is 4. The van der Waals surface area contributed by atoms with E-state index in [1.54, 1.807) is 71.0 Å². The van der Waals surface area contributed by atoms with Gasteiger partial charge in [-0.25, -0.2) is 4.79 Å². The molecule has 4 amide bonds. The van der Waals surface area contributed by atoms with E-state index in [4.69, 9.17) is 22.1 Å². The van der Waals surface area contributed by atoms with Gasteiger partial charge in [0.05, 0.1) is 10.7 Å². The first-order valence-corrected chi connectivity index (χ1v) is 14.0. The van der Waals surface area contributed by atoms with Crippen LogP contribution in [0.2, 0.25) is 5.02 Å². The summed E-state index contributed by atoms with van der Waals surface area (Å²) in [5.74, 6) is -1.97. The third-order valence-corrected chi connectivity index (χ3v) is 7.27. The van der Waals surface area contributed by atoms with Crippen molar-refractivity contribution in [2.75, 3.05) is 5.32 Å². The zero-order valence-electron chi connectivity index (χ0n) is 24.1. The molecule has 5 N–H and O–H groups in total. The first-order chi connectivity index (χ1) is 19.2. The number of ether oxygens (including phenoxy) is 1. The number of carbonyl (C=O) groups is 4. The largest absolute Gasteiger partial charge is 0.507 e. The molecular formula is C30H39ClN4O6. The summed E-state index contributed by atoms with van der Waals surface area (Å²) in [4.78, 5) is 54.2. The number of nitrogens with zero attached hydrogens (tertiary/aromatic N) is 1. The number of primary amides is 1. The van der Waals surface area contributed by atoms with Gasteiger partial charge in [-0.15, -0.1) is 0 Å². The summed E-state index contributed by atoms with van der Waals surface area (Å²) in [5, 5.41) is 16.8. The monoisotopic (exact) mass is 586 g/mol. The van der Waals surface area contributed by atoms with Crippen LogP contribution in [-0.2, 0) is 19.1 Å². The molecule has 0 aliphatic heterocycles. The molecule has 1 aliphatic carbocycles. The van der Waals surface area contributed by atoms with Gasteiger partial charge in [-0.1, -0.05) is 41.9 Å². The molecule has 0 heterocycles. The van der Waals surface area contributed by atoms with Crippen LogP contribution in [-0.4, -0.2) is 51.5 Å². The van der Waals surface area contributed by atoms with E-state index >= 15 is 0 Å². The highest BCUT2D eigenvalue weighted by Crippen LogP contribution is 2.39. The summed E-state index contributed by atoms with van der Waals surface area (Å²) >= 11 is 6.41. The van der Waals surface area contributed by atoms with Crippen molar-refractivity contribution < 1.29 is 29.0 Å². The number of halogens is 1. The standard InChI is InChI=1S/C30H39ClN4O6/c1-17-9-7-14-21(31)24(17)34-27(38)25(20-13-6-10-18(2)26(20)37)35(19-11-8-12-19)28(39)22(15-16-23(32)36)33-29(40)41-30(3,4)5/h6-7,9-10,13-14,19,22,25,37H,8,11-12,15-16H2,1-5H3,(H2,32,36)(H,33,40)(H,34,38). The summed E-state index contributed by atoms with van der Waals surface area (Å²) < 4.78 is 5.37. The lowest BCUT2D eigenvalue weighted by Crippen LogP contribution is -2.57. The lowest BCUT2D eigenvalue weighted by molar-refractivity contribution is -0.146. The maximum atomic E-state index is 14.3. The van der Waals surface area contributed by atoms with Crippen LogP contribution in [0.3, 0.4) is 0 Å². The number of nitrogens with one attached hydrogen (secondary N) is 2. The van der Waals surface area contributed by atoms with Crippen LogP contribution in [0, 0.1) is 13.8 Å². The summed E-state index contributed by atoms with van der Waals surface area (Å²) in [7, 11) is 0. The van der Waals surface area contributed by atoms with E-state index in [1.165, 1.54) is 4.90 Å². The normalized spacial score (nSPS) is 14.8.